The lowest BCUT2D eigenvalue weighted by Crippen LogP contribution is -2.00. The Kier molecular flexibility index (Phi) is 3.58. The summed E-state index contributed by atoms with van der Waals surface area (Å²) in [5.74, 6) is -0.0460. The third-order valence-electron chi connectivity index (χ3n) is 2.34. The molecule has 0 atom stereocenters. The Morgan fingerprint density at radius 2 is 2.11 bits per heavy atom. The molecule has 0 aliphatic carbocycles. The fraction of sp³-hybridized carbons (Fsp3) is 0.0769. The molecule has 3 nitrogen and oxygen atoms in total. The maximum Gasteiger partial charge on any atom is 0.148 e. The highest BCUT2D eigenvalue weighted by atomic mass is 79.9. The Morgan fingerprint density at radius 1 is 1.33 bits per heavy atom. The van der Waals surface area contributed by atoms with Gasteiger partial charge < -0.3 is 5.32 Å². The molecule has 2 aromatic rings. The number of rotatable bonds is 2. The number of hydrogen-bond acceptors (Lipinski definition) is 3. The normalized spacial score (nSPS) is 9.89. The van der Waals surface area contributed by atoms with Crippen molar-refractivity contribution in [2.24, 2.45) is 0 Å². The van der Waals surface area contributed by atoms with E-state index in [0.717, 1.165) is 5.69 Å². The fourth-order valence-corrected chi connectivity index (χ4v) is 1.79. The third-order valence-corrected chi connectivity index (χ3v) is 2.83. The Hall–Kier alpha value is -1.93. The summed E-state index contributed by atoms with van der Waals surface area (Å²) in [4.78, 5) is 4.19. The van der Waals surface area contributed by atoms with Crippen LogP contribution in [0.4, 0.5) is 15.9 Å². The Labute approximate surface area is 112 Å². The molecular formula is C13H9BrFN3. The van der Waals surface area contributed by atoms with Crippen LogP contribution in [0.3, 0.4) is 0 Å². The van der Waals surface area contributed by atoms with Crippen LogP contribution in [0.15, 0.2) is 34.8 Å². The smallest absolute Gasteiger partial charge is 0.148 e. The topological polar surface area (TPSA) is 48.7 Å². The highest BCUT2D eigenvalue weighted by Gasteiger charge is 2.08. The minimum absolute atomic E-state index is 0.285. The summed E-state index contributed by atoms with van der Waals surface area (Å²) < 4.78 is 14.3. The molecule has 1 N–H and O–H groups in total. The zero-order valence-corrected chi connectivity index (χ0v) is 11.1. The van der Waals surface area contributed by atoms with Gasteiger partial charge in [-0.15, -0.1) is 0 Å². The number of halogens is 2. The number of aryl methyl sites for hydroxylation is 1. The Balaban J connectivity index is 2.40. The van der Waals surface area contributed by atoms with E-state index in [1.165, 1.54) is 6.07 Å². The number of hydrogen-bond donors (Lipinski definition) is 1. The zero-order valence-electron chi connectivity index (χ0n) is 9.54. The van der Waals surface area contributed by atoms with E-state index >= 15 is 0 Å². The molecule has 0 saturated heterocycles. The van der Waals surface area contributed by atoms with E-state index in [9.17, 15) is 4.39 Å². The number of nitrogens with one attached hydrogen (secondary N) is 1. The molecule has 0 saturated carbocycles. The van der Waals surface area contributed by atoms with Crippen molar-refractivity contribution < 1.29 is 4.39 Å². The van der Waals surface area contributed by atoms with Crippen molar-refractivity contribution in [1.82, 2.24) is 4.98 Å². The average molecular weight is 306 g/mol. The van der Waals surface area contributed by atoms with E-state index in [1.807, 2.05) is 13.0 Å². The molecule has 0 unspecified atom stereocenters. The van der Waals surface area contributed by atoms with Crippen LogP contribution < -0.4 is 5.32 Å². The van der Waals surface area contributed by atoms with Gasteiger partial charge in [-0.3, -0.25) is 0 Å². The molecular weight excluding hydrogens is 297 g/mol. The summed E-state index contributed by atoms with van der Waals surface area (Å²) in [7, 11) is 0. The summed E-state index contributed by atoms with van der Waals surface area (Å²) in [6.45, 7) is 1.81. The third kappa shape index (κ3) is 2.66. The van der Waals surface area contributed by atoms with Gasteiger partial charge in [0.25, 0.3) is 0 Å². The molecule has 1 aromatic heterocycles. The van der Waals surface area contributed by atoms with Gasteiger partial charge in [0.15, 0.2) is 0 Å². The van der Waals surface area contributed by atoms with Crippen LogP contribution in [0.1, 0.15) is 11.3 Å². The van der Waals surface area contributed by atoms with E-state index in [0.29, 0.717) is 15.9 Å². The van der Waals surface area contributed by atoms with Crippen molar-refractivity contribution in [3.05, 3.63) is 51.9 Å². The number of nitriles is 1. The first kappa shape index (κ1) is 12.5. The second kappa shape index (κ2) is 5.15. The van der Waals surface area contributed by atoms with Crippen LogP contribution in [0.2, 0.25) is 0 Å². The molecule has 2 rings (SSSR count). The summed E-state index contributed by atoms with van der Waals surface area (Å²) in [6, 6.07) is 10.1. The SMILES string of the molecule is Cc1ccc(C#N)c(Nc2ccc(Br)cc2F)n1. The zero-order chi connectivity index (χ0) is 13.1. The molecule has 18 heavy (non-hydrogen) atoms. The summed E-state index contributed by atoms with van der Waals surface area (Å²) in [5.41, 5.74) is 1.42. The largest absolute Gasteiger partial charge is 0.337 e. The van der Waals surface area contributed by atoms with Gasteiger partial charge in [0.1, 0.15) is 17.7 Å². The molecule has 0 aliphatic rings. The first-order valence-electron chi connectivity index (χ1n) is 5.20. The van der Waals surface area contributed by atoms with Crippen molar-refractivity contribution in [2.45, 2.75) is 6.92 Å². The summed E-state index contributed by atoms with van der Waals surface area (Å²) in [6.07, 6.45) is 0. The van der Waals surface area contributed by atoms with Gasteiger partial charge >= 0.3 is 0 Å². The number of pyridine rings is 1. The Morgan fingerprint density at radius 3 is 2.78 bits per heavy atom. The molecule has 0 bridgehead atoms. The van der Waals surface area contributed by atoms with Crippen LogP contribution in [0.25, 0.3) is 0 Å². The molecule has 90 valence electrons. The highest BCUT2D eigenvalue weighted by Crippen LogP contribution is 2.24. The van der Waals surface area contributed by atoms with Crippen molar-refractivity contribution in [1.29, 1.82) is 5.26 Å². The van der Waals surface area contributed by atoms with Crippen molar-refractivity contribution >= 4 is 27.4 Å². The van der Waals surface area contributed by atoms with Gasteiger partial charge in [0.2, 0.25) is 0 Å². The molecule has 5 heteroatoms. The molecule has 0 spiro atoms. The monoisotopic (exact) mass is 305 g/mol. The second-order valence-corrected chi connectivity index (χ2v) is 4.63. The van der Waals surface area contributed by atoms with Crippen LogP contribution >= 0.6 is 15.9 Å². The first-order valence-corrected chi connectivity index (χ1v) is 5.99. The maximum atomic E-state index is 13.7. The Bertz CT molecular complexity index is 635. The molecule has 0 radical (unpaired) electrons. The number of aromatic nitrogens is 1. The average Bonchev–Trinajstić information content (AvgIpc) is 2.33. The highest BCUT2D eigenvalue weighted by molar-refractivity contribution is 9.10. The van der Waals surface area contributed by atoms with Crippen LogP contribution in [-0.2, 0) is 0 Å². The van der Waals surface area contributed by atoms with Gasteiger partial charge in [-0.2, -0.15) is 5.26 Å². The minimum Gasteiger partial charge on any atom is -0.337 e. The lowest BCUT2D eigenvalue weighted by Gasteiger charge is -2.09. The number of benzene rings is 1. The molecule has 0 aliphatic heterocycles. The fourth-order valence-electron chi connectivity index (χ4n) is 1.46. The van der Waals surface area contributed by atoms with Crippen LogP contribution in [-0.4, -0.2) is 4.98 Å². The lowest BCUT2D eigenvalue weighted by atomic mass is 10.2. The predicted octanol–water partition coefficient (Wildman–Crippen LogP) is 3.91. The van der Waals surface area contributed by atoms with Crippen molar-refractivity contribution in [3.63, 3.8) is 0 Å². The number of anilines is 2. The maximum absolute atomic E-state index is 13.7. The van der Waals surface area contributed by atoms with E-state index in [1.54, 1.807) is 24.3 Å². The van der Waals surface area contributed by atoms with Crippen molar-refractivity contribution in [2.75, 3.05) is 5.32 Å². The van der Waals surface area contributed by atoms with E-state index in [-0.39, 0.29) is 5.69 Å². The van der Waals surface area contributed by atoms with E-state index in [4.69, 9.17) is 5.26 Å². The van der Waals surface area contributed by atoms with Crippen LogP contribution in [0.5, 0.6) is 0 Å². The second-order valence-electron chi connectivity index (χ2n) is 3.71. The predicted molar refractivity (Wildman–Crippen MR) is 71.1 cm³/mol. The van der Waals surface area contributed by atoms with Crippen molar-refractivity contribution in [3.8, 4) is 6.07 Å². The summed E-state index contributed by atoms with van der Waals surface area (Å²) in [5, 5.41) is 11.8. The molecule has 1 heterocycles. The van der Waals surface area contributed by atoms with E-state index in [2.05, 4.69) is 26.2 Å². The van der Waals surface area contributed by atoms with E-state index < -0.39 is 5.82 Å². The van der Waals surface area contributed by atoms with Gasteiger partial charge in [0.05, 0.1) is 11.3 Å². The number of nitrogens with zero attached hydrogens (tertiary/aromatic N) is 2. The lowest BCUT2D eigenvalue weighted by molar-refractivity contribution is 0.631. The molecule has 0 amide bonds. The summed E-state index contributed by atoms with van der Waals surface area (Å²) >= 11 is 3.19. The van der Waals surface area contributed by atoms with Crippen LogP contribution in [0, 0.1) is 24.1 Å². The minimum atomic E-state index is -0.406. The quantitative estimate of drug-likeness (QED) is 0.915. The standard InChI is InChI=1S/C13H9BrFN3/c1-8-2-3-9(7-16)13(17-8)18-12-5-4-10(14)6-11(12)15/h2-6H,1H3,(H,17,18). The molecule has 1 aromatic carbocycles. The van der Waals surface area contributed by atoms with Gasteiger partial charge in [-0.1, -0.05) is 15.9 Å². The van der Waals surface area contributed by atoms with Gasteiger partial charge in [0, 0.05) is 10.2 Å². The van der Waals surface area contributed by atoms with Gasteiger partial charge in [-0.05, 0) is 37.3 Å². The first-order chi connectivity index (χ1) is 8.60. The van der Waals surface area contributed by atoms with Gasteiger partial charge in [-0.25, -0.2) is 9.37 Å². The molecule has 0 fully saturated rings.